The van der Waals surface area contributed by atoms with E-state index in [0.29, 0.717) is 27.9 Å². The summed E-state index contributed by atoms with van der Waals surface area (Å²) >= 11 is 0. The Balaban J connectivity index is 1.72. The van der Waals surface area contributed by atoms with Crippen molar-refractivity contribution in [1.82, 2.24) is 10.3 Å². The number of aliphatic imine (C=N–C) groups is 1. The molecule has 9 heteroatoms. The van der Waals surface area contributed by atoms with E-state index in [9.17, 15) is 20.0 Å². The normalized spacial score (nSPS) is 12.8. The monoisotopic (exact) mass is 500 g/mol. The number of nitrogens with zero attached hydrogens (tertiary/aromatic N) is 2. The van der Waals surface area contributed by atoms with Gasteiger partial charge >= 0.3 is 6.09 Å². The number of carbonyl (C=O) groups is 1. The second-order valence-electron chi connectivity index (χ2n) is 9.62. The number of hydrogen-bond acceptors (Lipinski definition) is 6. The van der Waals surface area contributed by atoms with Crippen LogP contribution < -0.4 is 5.32 Å². The minimum absolute atomic E-state index is 0.0870. The van der Waals surface area contributed by atoms with E-state index >= 15 is 0 Å². The molecule has 3 N–H and O–H groups in total. The van der Waals surface area contributed by atoms with E-state index in [2.05, 4.69) is 10.3 Å². The van der Waals surface area contributed by atoms with Gasteiger partial charge in [-0.2, -0.15) is 0 Å². The quantitative estimate of drug-likeness (QED) is 0.157. The first-order valence-corrected chi connectivity index (χ1v) is 11.7. The number of benzene rings is 3. The predicted molar refractivity (Wildman–Crippen MR) is 143 cm³/mol. The van der Waals surface area contributed by atoms with Crippen molar-refractivity contribution in [3.8, 4) is 5.88 Å². The number of nitro benzene ring substituents is 1. The minimum Gasteiger partial charge on any atom is -0.494 e. The summed E-state index contributed by atoms with van der Waals surface area (Å²) in [5.74, 6) is -0.134. The van der Waals surface area contributed by atoms with Gasteiger partial charge in [0.15, 0.2) is 5.88 Å². The molecule has 0 aliphatic rings. The standard InChI is InChI=1S/C28H28N4O5/c1-17(29-27(34)37-28(2,3)4)18-10-12-20(13-11-18)30-25(19-8-6-5-7-9-19)24-22-16-21(32(35)36)14-15-23(22)31-26(24)33/h5-17,31,33H,1-4H3,(H,29,34)/t17-/m1/s1. The Kier molecular flexibility index (Phi) is 6.97. The van der Waals surface area contributed by atoms with E-state index in [4.69, 9.17) is 9.73 Å². The molecule has 0 saturated heterocycles. The summed E-state index contributed by atoms with van der Waals surface area (Å²) in [5.41, 5.74) is 2.89. The molecule has 0 aliphatic carbocycles. The lowest BCUT2D eigenvalue weighted by Gasteiger charge is -2.22. The van der Waals surface area contributed by atoms with Crippen LogP contribution in [0.4, 0.5) is 16.2 Å². The lowest BCUT2D eigenvalue weighted by molar-refractivity contribution is -0.384. The Labute approximate surface area is 214 Å². The molecular weight excluding hydrogens is 472 g/mol. The van der Waals surface area contributed by atoms with Gasteiger partial charge < -0.3 is 20.1 Å². The number of rotatable bonds is 6. The summed E-state index contributed by atoms with van der Waals surface area (Å²) in [7, 11) is 0. The number of fused-ring (bicyclic) bond motifs is 1. The number of amides is 1. The average Bonchev–Trinajstić information content (AvgIpc) is 3.16. The Morgan fingerprint density at radius 2 is 1.76 bits per heavy atom. The molecule has 4 rings (SSSR count). The number of aromatic amines is 1. The number of nitro groups is 1. The van der Waals surface area contributed by atoms with Gasteiger partial charge in [0, 0.05) is 28.6 Å². The average molecular weight is 501 g/mol. The summed E-state index contributed by atoms with van der Waals surface area (Å²) < 4.78 is 5.33. The molecule has 1 atom stereocenters. The van der Waals surface area contributed by atoms with Gasteiger partial charge in [0.25, 0.3) is 5.69 Å². The molecule has 0 aliphatic heterocycles. The van der Waals surface area contributed by atoms with Crippen molar-refractivity contribution in [3.05, 3.63) is 99.6 Å². The zero-order chi connectivity index (χ0) is 26.7. The number of aromatic nitrogens is 1. The van der Waals surface area contributed by atoms with Crippen LogP contribution in [0.2, 0.25) is 0 Å². The van der Waals surface area contributed by atoms with E-state index in [-0.39, 0.29) is 17.6 Å². The third-order valence-corrected chi connectivity index (χ3v) is 5.62. The van der Waals surface area contributed by atoms with Gasteiger partial charge in [-0.05, 0) is 51.5 Å². The molecule has 4 aromatic rings. The number of alkyl carbamates (subject to hydrolysis) is 1. The summed E-state index contributed by atoms with van der Waals surface area (Å²) in [6, 6.07) is 20.7. The van der Waals surface area contributed by atoms with Gasteiger partial charge in [0.2, 0.25) is 0 Å². The number of non-ortho nitro benzene ring substituents is 1. The molecule has 3 aromatic carbocycles. The first-order chi connectivity index (χ1) is 17.5. The van der Waals surface area contributed by atoms with Crippen molar-refractivity contribution in [2.75, 3.05) is 0 Å². The maximum absolute atomic E-state index is 12.1. The van der Waals surface area contributed by atoms with Crippen LogP contribution in [0, 0.1) is 10.1 Å². The highest BCUT2D eigenvalue weighted by Crippen LogP contribution is 2.33. The largest absolute Gasteiger partial charge is 0.494 e. The highest BCUT2D eigenvalue weighted by Gasteiger charge is 2.21. The van der Waals surface area contributed by atoms with Gasteiger partial charge in [0.05, 0.1) is 27.9 Å². The third-order valence-electron chi connectivity index (χ3n) is 5.62. The van der Waals surface area contributed by atoms with Crippen LogP contribution in [0.1, 0.15) is 50.4 Å². The zero-order valence-corrected chi connectivity index (χ0v) is 21.0. The summed E-state index contributed by atoms with van der Waals surface area (Å²) in [5, 5.41) is 25.5. The summed E-state index contributed by atoms with van der Waals surface area (Å²) in [6.07, 6.45) is -0.502. The Hall–Kier alpha value is -4.66. The fraction of sp³-hybridized carbons (Fsp3) is 0.214. The lowest BCUT2D eigenvalue weighted by Crippen LogP contribution is -2.34. The fourth-order valence-corrected chi connectivity index (χ4v) is 3.91. The Morgan fingerprint density at radius 3 is 2.38 bits per heavy atom. The SMILES string of the molecule is C[C@@H](NC(=O)OC(C)(C)C)c1ccc(N=C(c2ccccc2)c2c(O)[nH]c3ccc([N+](=O)[O-])cc23)cc1. The van der Waals surface area contributed by atoms with Gasteiger partial charge in [-0.1, -0.05) is 42.5 Å². The molecule has 0 unspecified atom stereocenters. The van der Waals surface area contributed by atoms with Crippen LogP contribution >= 0.6 is 0 Å². The molecule has 1 amide bonds. The number of carbonyl (C=O) groups excluding carboxylic acids is 1. The highest BCUT2D eigenvalue weighted by molar-refractivity contribution is 6.22. The highest BCUT2D eigenvalue weighted by atomic mass is 16.6. The van der Waals surface area contributed by atoms with Crippen molar-refractivity contribution >= 4 is 34.1 Å². The maximum atomic E-state index is 12.1. The Bertz CT molecular complexity index is 1470. The molecular formula is C28H28N4O5. The van der Waals surface area contributed by atoms with Crippen molar-refractivity contribution in [1.29, 1.82) is 0 Å². The summed E-state index contributed by atoms with van der Waals surface area (Å²) in [4.78, 5) is 30.7. The maximum Gasteiger partial charge on any atom is 0.408 e. The molecule has 1 heterocycles. The van der Waals surface area contributed by atoms with E-state index in [1.807, 2.05) is 49.4 Å². The van der Waals surface area contributed by atoms with E-state index < -0.39 is 16.6 Å². The van der Waals surface area contributed by atoms with Gasteiger partial charge in [-0.3, -0.25) is 10.1 Å². The topological polar surface area (TPSA) is 130 Å². The number of ether oxygens (including phenoxy) is 1. The lowest BCUT2D eigenvalue weighted by atomic mass is 10.0. The molecule has 0 fully saturated rings. The van der Waals surface area contributed by atoms with Crippen LogP contribution in [-0.2, 0) is 4.74 Å². The molecule has 190 valence electrons. The molecule has 1 aromatic heterocycles. The van der Waals surface area contributed by atoms with E-state index in [1.165, 1.54) is 12.1 Å². The van der Waals surface area contributed by atoms with E-state index in [1.54, 1.807) is 39.0 Å². The number of hydrogen-bond donors (Lipinski definition) is 3. The number of H-pyrrole nitrogens is 1. The van der Waals surface area contributed by atoms with Crippen LogP contribution in [0.5, 0.6) is 5.88 Å². The molecule has 0 saturated carbocycles. The zero-order valence-electron chi connectivity index (χ0n) is 21.0. The minimum atomic E-state index is -0.593. The van der Waals surface area contributed by atoms with Crippen molar-refractivity contribution in [2.45, 2.75) is 39.3 Å². The summed E-state index contributed by atoms with van der Waals surface area (Å²) in [6.45, 7) is 7.27. The van der Waals surface area contributed by atoms with Crippen molar-refractivity contribution < 1.29 is 19.6 Å². The molecule has 0 bridgehead atoms. The molecule has 0 spiro atoms. The van der Waals surface area contributed by atoms with Crippen LogP contribution in [0.25, 0.3) is 10.9 Å². The van der Waals surface area contributed by atoms with Gasteiger partial charge in [0.1, 0.15) is 5.60 Å². The Morgan fingerprint density at radius 1 is 1.08 bits per heavy atom. The number of aromatic hydroxyl groups is 1. The second-order valence-corrected chi connectivity index (χ2v) is 9.62. The third kappa shape index (κ3) is 5.95. The van der Waals surface area contributed by atoms with Gasteiger partial charge in [-0.25, -0.2) is 9.79 Å². The van der Waals surface area contributed by atoms with Crippen molar-refractivity contribution in [2.24, 2.45) is 4.99 Å². The van der Waals surface area contributed by atoms with Crippen LogP contribution in [0.15, 0.2) is 77.8 Å². The fourth-order valence-electron chi connectivity index (χ4n) is 3.91. The molecule has 37 heavy (non-hydrogen) atoms. The van der Waals surface area contributed by atoms with E-state index in [0.717, 1.165) is 11.1 Å². The first-order valence-electron chi connectivity index (χ1n) is 11.7. The smallest absolute Gasteiger partial charge is 0.408 e. The molecule has 0 radical (unpaired) electrons. The second kappa shape index (κ2) is 10.1. The molecule has 9 nitrogen and oxygen atoms in total. The van der Waals surface area contributed by atoms with Crippen LogP contribution in [-0.4, -0.2) is 32.4 Å². The van der Waals surface area contributed by atoms with Crippen LogP contribution in [0.3, 0.4) is 0 Å². The predicted octanol–water partition coefficient (Wildman–Crippen LogP) is 6.54. The first kappa shape index (κ1) is 25.4. The number of nitrogens with one attached hydrogen (secondary N) is 2. The van der Waals surface area contributed by atoms with Gasteiger partial charge in [-0.15, -0.1) is 0 Å². The van der Waals surface area contributed by atoms with Crippen molar-refractivity contribution in [3.63, 3.8) is 0 Å².